The summed E-state index contributed by atoms with van der Waals surface area (Å²) in [4.78, 5) is 5.37. The number of aliphatic hydroxyl groups is 1. The van der Waals surface area contributed by atoms with Crippen molar-refractivity contribution in [1.29, 1.82) is 0 Å². The third-order valence-corrected chi connectivity index (χ3v) is 3.97. The number of aryl methyl sites for hydroxylation is 1. The molecule has 0 saturated heterocycles. The van der Waals surface area contributed by atoms with Crippen LogP contribution in [-0.2, 0) is 6.54 Å². The second-order valence-corrected chi connectivity index (χ2v) is 6.23. The highest BCUT2D eigenvalue weighted by molar-refractivity contribution is 7.11. The smallest absolute Gasteiger partial charge is 0.0431 e. The van der Waals surface area contributed by atoms with Crippen LogP contribution in [0.5, 0.6) is 0 Å². The summed E-state index contributed by atoms with van der Waals surface area (Å²) in [5, 5.41) is 8.77. The highest BCUT2D eigenvalue weighted by atomic mass is 32.1. The Labute approximate surface area is 109 Å². The maximum atomic E-state index is 8.77. The first-order valence-corrected chi connectivity index (χ1v) is 7.35. The van der Waals surface area contributed by atoms with E-state index in [4.69, 9.17) is 5.11 Å². The fourth-order valence-electron chi connectivity index (χ4n) is 1.89. The Bertz CT molecular complexity index is 309. The van der Waals surface area contributed by atoms with Gasteiger partial charge >= 0.3 is 0 Å². The molecular formula is C14H25NOS. The monoisotopic (exact) mass is 255 g/mol. The van der Waals surface area contributed by atoms with Gasteiger partial charge in [-0.1, -0.05) is 0 Å². The molecule has 0 bridgehead atoms. The van der Waals surface area contributed by atoms with Crippen molar-refractivity contribution in [3.05, 3.63) is 21.9 Å². The third-order valence-electron chi connectivity index (χ3n) is 2.99. The van der Waals surface area contributed by atoms with Gasteiger partial charge in [0, 0.05) is 28.9 Å². The molecule has 1 heterocycles. The van der Waals surface area contributed by atoms with Gasteiger partial charge < -0.3 is 5.11 Å². The Hall–Kier alpha value is -0.380. The fourth-order valence-corrected chi connectivity index (χ4v) is 2.81. The molecule has 1 rings (SSSR count). The van der Waals surface area contributed by atoms with Gasteiger partial charge in [0.2, 0.25) is 0 Å². The van der Waals surface area contributed by atoms with E-state index < -0.39 is 0 Å². The lowest BCUT2D eigenvalue weighted by molar-refractivity contribution is 0.206. The first kappa shape index (κ1) is 14.7. The Balaban J connectivity index is 2.38. The summed E-state index contributed by atoms with van der Waals surface area (Å²) in [6.07, 6.45) is 3.25. The fraction of sp³-hybridized carbons (Fsp3) is 0.714. The van der Waals surface area contributed by atoms with E-state index in [0.29, 0.717) is 12.6 Å². The van der Waals surface area contributed by atoms with E-state index in [1.54, 1.807) is 0 Å². The number of thiophene rings is 1. The summed E-state index contributed by atoms with van der Waals surface area (Å²) < 4.78 is 0. The zero-order valence-corrected chi connectivity index (χ0v) is 12.1. The van der Waals surface area contributed by atoms with Crippen molar-refractivity contribution < 1.29 is 5.11 Å². The van der Waals surface area contributed by atoms with Gasteiger partial charge in [-0.2, -0.15) is 0 Å². The molecule has 0 unspecified atom stereocenters. The predicted octanol–water partition coefficient (Wildman–Crippen LogP) is 3.43. The maximum absolute atomic E-state index is 8.77. The average Bonchev–Trinajstić information content (AvgIpc) is 2.68. The minimum Gasteiger partial charge on any atom is -0.396 e. The molecule has 0 aliphatic rings. The molecule has 0 spiro atoms. The summed E-state index contributed by atoms with van der Waals surface area (Å²) in [5.41, 5.74) is 0. The molecule has 1 aromatic heterocycles. The standard InChI is InChI=1S/C14H25NOS/c1-12(2)15(9-5-4-6-10-16)11-14-8-7-13(3)17-14/h7-8,12,16H,4-6,9-11H2,1-3H3. The number of hydrogen-bond acceptors (Lipinski definition) is 3. The molecule has 0 saturated carbocycles. The SMILES string of the molecule is Cc1ccc(CN(CCCCCO)C(C)C)s1. The number of hydrogen-bond donors (Lipinski definition) is 1. The van der Waals surface area contributed by atoms with Crippen molar-refractivity contribution in [3.63, 3.8) is 0 Å². The molecular weight excluding hydrogens is 230 g/mol. The molecule has 1 aromatic rings. The van der Waals surface area contributed by atoms with Crippen LogP contribution in [0, 0.1) is 6.92 Å². The molecule has 0 fully saturated rings. The van der Waals surface area contributed by atoms with Crippen molar-refractivity contribution in [3.8, 4) is 0 Å². The van der Waals surface area contributed by atoms with Crippen LogP contribution < -0.4 is 0 Å². The van der Waals surface area contributed by atoms with Crippen LogP contribution in [-0.4, -0.2) is 29.2 Å². The van der Waals surface area contributed by atoms with E-state index in [1.165, 1.54) is 16.2 Å². The summed E-state index contributed by atoms with van der Waals surface area (Å²) in [7, 11) is 0. The molecule has 98 valence electrons. The Morgan fingerprint density at radius 3 is 2.53 bits per heavy atom. The van der Waals surface area contributed by atoms with Crippen LogP contribution in [0.2, 0.25) is 0 Å². The van der Waals surface area contributed by atoms with E-state index in [9.17, 15) is 0 Å². The van der Waals surface area contributed by atoms with Crippen molar-refractivity contribution in [2.75, 3.05) is 13.2 Å². The van der Waals surface area contributed by atoms with Gasteiger partial charge in [0.15, 0.2) is 0 Å². The molecule has 0 atom stereocenters. The zero-order chi connectivity index (χ0) is 12.7. The summed E-state index contributed by atoms with van der Waals surface area (Å²) >= 11 is 1.90. The van der Waals surface area contributed by atoms with Crippen LogP contribution in [0.1, 0.15) is 42.9 Å². The number of unbranched alkanes of at least 4 members (excludes halogenated alkanes) is 2. The average molecular weight is 255 g/mol. The first-order chi connectivity index (χ1) is 8.13. The highest BCUT2D eigenvalue weighted by Gasteiger charge is 2.10. The largest absolute Gasteiger partial charge is 0.396 e. The summed E-state index contributed by atoms with van der Waals surface area (Å²) in [5.74, 6) is 0. The molecule has 0 radical (unpaired) electrons. The Kier molecular flexibility index (Phi) is 6.78. The van der Waals surface area contributed by atoms with E-state index >= 15 is 0 Å². The van der Waals surface area contributed by atoms with E-state index in [-0.39, 0.29) is 0 Å². The lowest BCUT2D eigenvalue weighted by atomic mass is 10.2. The third kappa shape index (κ3) is 5.66. The van der Waals surface area contributed by atoms with Crippen LogP contribution in [0.4, 0.5) is 0 Å². The topological polar surface area (TPSA) is 23.5 Å². The molecule has 0 aromatic carbocycles. The Morgan fingerprint density at radius 1 is 1.24 bits per heavy atom. The molecule has 17 heavy (non-hydrogen) atoms. The lowest BCUT2D eigenvalue weighted by Gasteiger charge is -2.25. The van der Waals surface area contributed by atoms with Gasteiger partial charge in [0.25, 0.3) is 0 Å². The zero-order valence-electron chi connectivity index (χ0n) is 11.3. The lowest BCUT2D eigenvalue weighted by Crippen LogP contribution is -2.31. The van der Waals surface area contributed by atoms with Crippen LogP contribution in [0.25, 0.3) is 0 Å². The van der Waals surface area contributed by atoms with Crippen molar-refractivity contribution in [1.82, 2.24) is 4.90 Å². The van der Waals surface area contributed by atoms with Crippen LogP contribution in [0.15, 0.2) is 12.1 Å². The van der Waals surface area contributed by atoms with Gasteiger partial charge in [-0.3, -0.25) is 4.90 Å². The van der Waals surface area contributed by atoms with Crippen molar-refractivity contribution in [2.24, 2.45) is 0 Å². The molecule has 3 heteroatoms. The van der Waals surface area contributed by atoms with E-state index in [1.807, 2.05) is 11.3 Å². The second kappa shape index (κ2) is 7.85. The number of rotatable bonds is 8. The minimum absolute atomic E-state index is 0.325. The molecule has 0 aliphatic carbocycles. The van der Waals surface area contributed by atoms with Gasteiger partial charge in [-0.25, -0.2) is 0 Å². The number of nitrogens with zero attached hydrogens (tertiary/aromatic N) is 1. The minimum atomic E-state index is 0.325. The Morgan fingerprint density at radius 2 is 2.00 bits per heavy atom. The molecule has 0 aliphatic heterocycles. The van der Waals surface area contributed by atoms with Crippen LogP contribution >= 0.6 is 11.3 Å². The summed E-state index contributed by atoms with van der Waals surface area (Å²) in [6.45, 7) is 9.20. The van der Waals surface area contributed by atoms with Crippen molar-refractivity contribution >= 4 is 11.3 Å². The predicted molar refractivity (Wildman–Crippen MR) is 75.5 cm³/mol. The maximum Gasteiger partial charge on any atom is 0.0431 e. The quantitative estimate of drug-likeness (QED) is 0.719. The van der Waals surface area contributed by atoms with Crippen LogP contribution in [0.3, 0.4) is 0 Å². The molecule has 2 nitrogen and oxygen atoms in total. The van der Waals surface area contributed by atoms with Gasteiger partial charge in [-0.05, 0) is 58.7 Å². The van der Waals surface area contributed by atoms with Gasteiger partial charge in [-0.15, -0.1) is 11.3 Å². The molecule has 1 N–H and O–H groups in total. The number of aliphatic hydroxyl groups excluding tert-OH is 1. The molecule has 0 amide bonds. The van der Waals surface area contributed by atoms with Gasteiger partial charge in [0.1, 0.15) is 0 Å². The van der Waals surface area contributed by atoms with E-state index in [2.05, 4.69) is 37.8 Å². The first-order valence-electron chi connectivity index (χ1n) is 6.53. The highest BCUT2D eigenvalue weighted by Crippen LogP contribution is 2.18. The van der Waals surface area contributed by atoms with E-state index in [0.717, 1.165) is 25.9 Å². The second-order valence-electron chi connectivity index (χ2n) is 4.86. The normalized spacial score (nSPS) is 11.6. The summed E-state index contributed by atoms with van der Waals surface area (Å²) in [6, 6.07) is 5.03. The van der Waals surface area contributed by atoms with Crippen molar-refractivity contribution in [2.45, 2.75) is 52.6 Å². The van der Waals surface area contributed by atoms with Gasteiger partial charge in [0.05, 0.1) is 0 Å².